The number of halogens is 1. The molecule has 16 heavy (non-hydrogen) atoms. The lowest BCUT2D eigenvalue weighted by Crippen LogP contribution is -2.15. The third-order valence-corrected chi connectivity index (χ3v) is 3.74. The molecule has 3 heteroatoms. The summed E-state index contributed by atoms with van der Waals surface area (Å²) in [7, 11) is 0. The van der Waals surface area contributed by atoms with E-state index >= 15 is 0 Å². The summed E-state index contributed by atoms with van der Waals surface area (Å²) in [6.07, 6.45) is 2.97. The molecule has 2 rings (SSSR count). The first-order chi connectivity index (χ1) is 7.67. The maximum Gasteiger partial charge on any atom is 0.0628 e. The number of nitrogens with zero attached hydrogens (tertiary/aromatic N) is 1. The lowest BCUT2D eigenvalue weighted by atomic mass is 10.0. The molecule has 0 atom stereocenters. The van der Waals surface area contributed by atoms with Crippen LogP contribution in [0.15, 0.2) is 18.2 Å². The summed E-state index contributed by atoms with van der Waals surface area (Å²) < 4.78 is 0. The Balaban J connectivity index is 2.00. The van der Waals surface area contributed by atoms with Crippen molar-refractivity contribution in [2.45, 2.75) is 26.2 Å². The van der Waals surface area contributed by atoms with E-state index in [4.69, 9.17) is 16.9 Å². The third kappa shape index (κ3) is 2.31. The maximum atomic E-state index is 8.74. The van der Waals surface area contributed by atoms with Crippen molar-refractivity contribution in [1.29, 1.82) is 5.26 Å². The zero-order valence-electron chi connectivity index (χ0n) is 9.39. The predicted molar refractivity (Wildman–Crippen MR) is 66.6 cm³/mol. The van der Waals surface area contributed by atoms with Crippen LogP contribution >= 0.6 is 11.6 Å². The van der Waals surface area contributed by atoms with Gasteiger partial charge in [-0.2, -0.15) is 5.26 Å². The highest BCUT2D eigenvalue weighted by atomic mass is 35.5. The molecular formula is C13H15ClN2. The highest BCUT2D eigenvalue weighted by Crippen LogP contribution is 2.48. The van der Waals surface area contributed by atoms with Crippen molar-refractivity contribution in [1.82, 2.24) is 0 Å². The molecule has 0 aromatic heterocycles. The lowest BCUT2D eigenvalue weighted by molar-refractivity contribution is 0.557. The Morgan fingerprint density at radius 1 is 1.50 bits per heavy atom. The average Bonchev–Trinajstić information content (AvgIpc) is 3.02. The van der Waals surface area contributed by atoms with Crippen molar-refractivity contribution in [3.8, 4) is 6.07 Å². The van der Waals surface area contributed by atoms with E-state index in [2.05, 4.69) is 11.4 Å². The summed E-state index contributed by atoms with van der Waals surface area (Å²) in [4.78, 5) is 0. The number of nitrogens with one attached hydrogen (secondary N) is 1. The van der Waals surface area contributed by atoms with E-state index in [0.717, 1.165) is 35.7 Å². The van der Waals surface area contributed by atoms with Crippen LogP contribution in [0.4, 0.5) is 5.69 Å². The van der Waals surface area contributed by atoms with Crippen LogP contribution in [0.25, 0.3) is 0 Å². The van der Waals surface area contributed by atoms with Crippen LogP contribution < -0.4 is 5.32 Å². The van der Waals surface area contributed by atoms with Crippen LogP contribution in [-0.4, -0.2) is 6.54 Å². The topological polar surface area (TPSA) is 35.8 Å². The molecule has 1 aromatic carbocycles. The molecule has 1 fully saturated rings. The van der Waals surface area contributed by atoms with Crippen LogP contribution in [0, 0.1) is 23.7 Å². The van der Waals surface area contributed by atoms with Gasteiger partial charge in [0.05, 0.1) is 6.07 Å². The Bertz CT molecular complexity index is 430. The number of hydrogen-bond acceptors (Lipinski definition) is 2. The quantitative estimate of drug-likeness (QED) is 0.861. The third-order valence-electron chi connectivity index (χ3n) is 3.33. The number of anilines is 1. The standard InChI is InChI=1S/C13H15ClN2/c1-10-11(14)3-2-4-12(10)16-9-13(5-6-13)7-8-15/h2-4,16H,5-7,9H2,1H3. The van der Waals surface area contributed by atoms with Gasteiger partial charge in [0.15, 0.2) is 0 Å². The van der Waals surface area contributed by atoms with Crippen LogP contribution in [0.2, 0.25) is 5.02 Å². The largest absolute Gasteiger partial charge is 0.384 e. The Kier molecular flexibility index (Phi) is 3.07. The van der Waals surface area contributed by atoms with Gasteiger partial charge in [-0.1, -0.05) is 17.7 Å². The molecule has 0 unspecified atom stereocenters. The minimum absolute atomic E-state index is 0.226. The molecule has 0 amide bonds. The van der Waals surface area contributed by atoms with Gasteiger partial charge in [0.2, 0.25) is 0 Å². The molecule has 0 heterocycles. The van der Waals surface area contributed by atoms with Gasteiger partial charge in [0.1, 0.15) is 0 Å². The molecule has 2 nitrogen and oxygen atoms in total. The first-order valence-corrected chi connectivity index (χ1v) is 5.91. The molecule has 84 valence electrons. The minimum atomic E-state index is 0.226. The molecule has 1 N–H and O–H groups in total. The van der Waals surface area contributed by atoms with Gasteiger partial charge >= 0.3 is 0 Å². The van der Waals surface area contributed by atoms with Gasteiger partial charge in [0, 0.05) is 29.1 Å². The monoisotopic (exact) mass is 234 g/mol. The van der Waals surface area contributed by atoms with Gasteiger partial charge < -0.3 is 5.32 Å². The van der Waals surface area contributed by atoms with Crippen molar-refractivity contribution in [2.75, 3.05) is 11.9 Å². The van der Waals surface area contributed by atoms with E-state index in [9.17, 15) is 0 Å². The lowest BCUT2D eigenvalue weighted by Gasteiger charge is -2.15. The molecule has 0 spiro atoms. The summed E-state index contributed by atoms with van der Waals surface area (Å²) in [5.74, 6) is 0. The molecule has 0 bridgehead atoms. The van der Waals surface area contributed by atoms with Crippen molar-refractivity contribution in [2.24, 2.45) is 5.41 Å². The van der Waals surface area contributed by atoms with Gasteiger partial charge in [-0.3, -0.25) is 0 Å². The Labute approximate surface area is 101 Å². The molecule has 0 aliphatic heterocycles. The predicted octanol–water partition coefficient (Wildman–Crippen LogP) is 3.75. The summed E-state index contributed by atoms with van der Waals surface area (Å²) in [6, 6.07) is 8.14. The van der Waals surface area contributed by atoms with Crippen LogP contribution in [0.3, 0.4) is 0 Å². The van der Waals surface area contributed by atoms with Crippen molar-refractivity contribution in [3.63, 3.8) is 0 Å². The average molecular weight is 235 g/mol. The van der Waals surface area contributed by atoms with E-state index in [1.165, 1.54) is 0 Å². The number of benzene rings is 1. The molecule has 0 saturated heterocycles. The summed E-state index contributed by atoms with van der Waals surface area (Å²) >= 11 is 6.05. The van der Waals surface area contributed by atoms with Crippen LogP contribution in [0.1, 0.15) is 24.8 Å². The fraction of sp³-hybridized carbons (Fsp3) is 0.462. The van der Waals surface area contributed by atoms with Gasteiger partial charge in [-0.25, -0.2) is 0 Å². The SMILES string of the molecule is Cc1c(Cl)cccc1NCC1(CC#N)CC1. The van der Waals surface area contributed by atoms with Gasteiger partial charge in [-0.05, 0) is 37.5 Å². The van der Waals surface area contributed by atoms with Gasteiger partial charge in [0.25, 0.3) is 0 Å². The number of rotatable bonds is 4. The maximum absolute atomic E-state index is 8.74. The first-order valence-electron chi connectivity index (χ1n) is 5.53. The zero-order chi connectivity index (χ0) is 11.6. The minimum Gasteiger partial charge on any atom is -0.384 e. The van der Waals surface area contributed by atoms with E-state index in [1.807, 2.05) is 25.1 Å². The summed E-state index contributed by atoms with van der Waals surface area (Å²) in [5, 5.41) is 12.9. The second kappa shape index (κ2) is 4.35. The highest BCUT2D eigenvalue weighted by molar-refractivity contribution is 6.31. The first kappa shape index (κ1) is 11.3. The van der Waals surface area contributed by atoms with E-state index in [-0.39, 0.29) is 5.41 Å². The van der Waals surface area contributed by atoms with Crippen LogP contribution in [-0.2, 0) is 0 Å². The highest BCUT2D eigenvalue weighted by Gasteiger charge is 2.42. The molecule has 0 radical (unpaired) electrons. The summed E-state index contributed by atoms with van der Waals surface area (Å²) in [5.41, 5.74) is 2.39. The molecule has 1 saturated carbocycles. The van der Waals surface area contributed by atoms with Crippen LogP contribution in [0.5, 0.6) is 0 Å². The Morgan fingerprint density at radius 3 is 2.88 bits per heavy atom. The van der Waals surface area contributed by atoms with E-state index in [1.54, 1.807) is 0 Å². The second-order valence-electron chi connectivity index (χ2n) is 4.60. The summed E-state index contributed by atoms with van der Waals surface area (Å²) in [6.45, 7) is 2.89. The molecular weight excluding hydrogens is 220 g/mol. The molecule has 1 aliphatic carbocycles. The molecule has 1 aromatic rings. The van der Waals surface area contributed by atoms with Crippen molar-refractivity contribution >= 4 is 17.3 Å². The van der Waals surface area contributed by atoms with Crippen molar-refractivity contribution in [3.05, 3.63) is 28.8 Å². The number of nitriles is 1. The van der Waals surface area contributed by atoms with E-state index in [0.29, 0.717) is 6.42 Å². The van der Waals surface area contributed by atoms with Gasteiger partial charge in [-0.15, -0.1) is 0 Å². The smallest absolute Gasteiger partial charge is 0.0628 e. The molecule has 1 aliphatic rings. The second-order valence-corrected chi connectivity index (χ2v) is 5.01. The zero-order valence-corrected chi connectivity index (χ0v) is 10.1. The van der Waals surface area contributed by atoms with Crippen molar-refractivity contribution < 1.29 is 0 Å². The number of hydrogen-bond donors (Lipinski definition) is 1. The Morgan fingerprint density at radius 2 is 2.25 bits per heavy atom. The van der Waals surface area contributed by atoms with E-state index < -0.39 is 0 Å². The fourth-order valence-electron chi connectivity index (χ4n) is 1.84. The Hall–Kier alpha value is -1.20. The fourth-order valence-corrected chi connectivity index (χ4v) is 2.02. The normalized spacial score (nSPS) is 16.6.